The summed E-state index contributed by atoms with van der Waals surface area (Å²) in [7, 11) is 0. The minimum atomic E-state index is -0.212. The van der Waals surface area contributed by atoms with Gasteiger partial charge in [0, 0.05) is 38.3 Å². The number of carbonyl (C=O) groups excluding carboxylic acids is 1. The number of likely N-dealkylation sites (tertiary alicyclic amines) is 1. The smallest absolute Gasteiger partial charge is 0.409 e. The Morgan fingerprint density at radius 1 is 1.17 bits per heavy atom. The quantitative estimate of drug-likeness (QED) is 0.856. The molecule has 2 aliphatic rings. The van der Waals surface area contributed by atoms with Gasteiger partial charge in [0.05, 0.1) is 6.61 Å². The molecule has 0 radical (unpaired) electrons. The van der Waals surface area contributed by atoms with Crippen molar-refractivity contribution >= 4 is 17.7 Å². The van der Waals surface area contributed by atoms with Crippen LogP contribution in [0.4, 0.5) is 16.4 Å². The summed E-state index contributed by atoms with van der Waals surface area (Å²) in [6.07, 6.45) is 2.59. The van der Waals surface area contributed by atoms with E-state index in [0.717, 1.165) is 49.8 Å². The third kappa shape index (κ3) is 4.60. The van der Waals surface area contributed by atoms with Crippen molar-refractivity contribution in [2.75, 3.05) is 36.5 Å². The van der Waals surface area contributed by atoms with Gasteiger partial charge >= 0.3 is 6.09 Å². The molecule has 154 valence electrons. The van der Waals surface area contributed by atoms with Crippen molar-refractivity contribution in [1.82, 2.24) is 14.9 Å². The highest BCUT2D eigenvalue weighted by Crippen LogP contribution is 2.25. The normalized spacial score (nSPS) is 17.0. The molecule has 1 amide bonds. The molecule has 0 aliphatic carbocycles. The fourth-order valence-electron chi connectivity index (χ4n) is 4.11. The summed E-state index contributed by atoms with van der Waals surface area (Å²) in [5, 5.41) is 3.56. The number of piperidine rings is 1. The van der Waals surface area contributed by atoms with Gasteiger partial charge in [0.25, 0.3) is 0 Å². The highest BCUT2D eigenvalue weighted by molar-refractivity contribution is 5.67. The van der Waals surface area contributed by atoms with E-state index in [0.29, 0.717) is 25.7 Å². The molecule has 2 aliphatic heterocycles. The predicted octanol–water partition coefficient (Wildman–Crippen LogP) is 3.38. The zero-order valence-electron chi connectivity index (χ0n) is 17.2. The summed E-state index contributed by atoms with van der Waals surface area (Å²) in [6.45, 7) is 7.45. The number of hydrogen-bond acceptors (Lipinski definition) is 6. The Hall–Kier alpha value is -2.83. The van der Waals surface area contributed by atoms with E-state index in [1.54, 1.807) is 4.90 Å². The molecule has 1 N–H and O–H groups in total. The second-order valence-electron chi connectivity index (χ2n) is 7.70. The van der Waals surface area contributed by atoms with Gasteiger partial charge in [0.1, 0.15) is 17.5 Å². The van der Waals surface area contributed by atoms with E-state index in [-0.39, 0.29) is 6.09 Å². The zero-order valence-corrected chi connectivity index (χ0v) is 17.2. The van der Waals surface area contributed by atoms with Gasteiger partial charge in [-0.1, -0.05) is 24.3 Å². The van der Waals surface area contributed by atoms with E-state index < -0.39 is 0 Å². The monoisotopic (exact) mass is 395 g/mol. The number of aryl methyl sites for hydroxylation is 1. The number of carbonyl (C=O) groups is 1. The largest absolute Gasteiger partial charge is 0.450 e. The van der Waals surface area contributed by atoms with E-state index in [1.165, 1.54) is 11.1 Å². The standard InChI is InChI=1S/C22H29N5O2/c1-3-29-22(28)26-12-9-19(10-13-26)25-20-14-21(24-16(2)23-20)27-11-8-17-6-4-5-7-18(17)15-27/h4-7,14,19H,3,8-13,15H2,1-2H3,(H,23,24,25). The summed E-state index contributed by atoms with van der Waals surface area (Å²) in [5.41, 5.74) is 2.80. The van der Waals surface area contributed by atoms with Crippen molar-refractivity contribution in [3.05, 3.63) is 47.3 Å². The molecule has 0 bridgehead atoms. The second-order valence-corrected chi connectivity index (χ2v) is 7.70. The Morgan fingerprint density at radius 2 is 1.93 bits per heavy atom. The number of aromatic nitrogens is 2. The van der Waals surface area contributed by atoms with Crippen LogP contribution in [0.3, 0.4) is 0 Å². The first-order chi connectivity index (χ1) is 14.1. The maximum atomic E-state index is 11.9. The maximum absolute atomic E-state index is 11.9. The molecule has 0 saturated carbocycles. The Bertz CT molecular complexity index is 864. The van der Waals surface area contributed by atoms with Gasteiger partial charge in [-0.15, -0.1) is 0 Å². The van der Waals surface area contributed by atoms with E-state index in [1.807, 2.05) is 13.8 Å². The van der Waals surface area contributed by atoms with Crippen molar-refractivity contribution in [2.45, 2.75) is 45.7 Å². The number of benzene rings is 1. The molecule has 3 heterocycles. The Morgan fingerprint density at radius 3 is 2.69 bits per heavy atom. The highest BCUT2D eigenvalue weighted by atomic mass is 16.6. The number of hydrogen-bond donors (Lipinski definition) is 1. The first-order valence-electron chi connectivity index (χ1n) is 10.5. The van der Waals surface area contributed by atoms with Gasteiger partial charge < -0.3 is 19.9 Å². The van der Waals surface area contributed by atoms with Gasteiger partial charge in [-0.25, -0.2) is 14.8 Å². The minimum Gasteiger partial charge on any atom is -0.450 e. The van der Waals surface area contributed by atoms with Crippen LogP contribution in [-0.2, 0) is 17.7 Å². The molecule has 1 fully saturated rings. The average molecular weight is 396 g/mol. The fourth-order valence-corrected chi connectivity index (χ4v) is 4.11. The molecular formula is C22H29N5O2. The van der Waals surface area contributed by atoms with Gasteiger partial charge in [-0.2, -0.15) is 0 Å². The molecule has 7 nitrogen and oxygen atoms in total. The summed E-state index contributed by atoms with van der Waals surface area (Å²) >= 11 is 0. The molecule has 7 heteroatoms. The summed E-state index contributed by atoms with van der Waals surface area (Å²) in [6, 6.07) is 11.0. The third-order valence-corrected chi connectivity index (χ3v) is 5.65. The van der Waals surface area contributed by atoms with E-state index in [2.05, 4.69) is 50.5 Å². The lowest BCUT2D eigenvalue weighted by atomic mass is 10.00. The van der Waals surface area contributed by atoms with Crippen LogP contribution in [0.2, 0.25) is 0 Å². The molecule has 29 heavy (non-hydrogen) atoms. The van der Waals surface area contributed by atoms with Gasteiger partial charge in [0.2, 0.25) is 0 Å². The van der Waals surface area contributed by atoms with E-state index >= 15 is 0 Å². The van der Waals surface area contributed by atoms with Gasteiger partial charge in [0.15, 0.2) is 0 Å². The van der Waals surface area contributed by atoms with Crippen molar-refractivity contribution < 1.29 is 9.53 Å². The first-order valence-corrected chi connectivity index (χ1v) is 10.5. The van der Waals surface area contributed by atoms with Crippen molar-refractivity contribution in [3.63, 3.8) is 0 Å². The molecule has 1 saturated heterocycles. The molecule has 1 aromatic carbocycles. The Labute approximate surface area is 172 Å². The van der Waals surface area contributed by atoms with Crippen molar-refractivity contribution in [2.24, 2.45) is 0 Å². The number of rotatable bonds is 4. The van der Waals surface area contributed by atoms with Crippen LogP contribution in [0.15, 0.2) is 30.3 Å². The number of ether oxygens (including phenoxy) is 1. The lowest BCUT2D eigenvalue weighted by molar-refractivity contribution is 0.0983. The molecule has 2 aromatic rings. The van der Waals surface area contributed by atoms with Gasteiger partial charge in [-0.3, -0.25) is 0 Å². The maximum Gasteiger partial charge on any atom is 0.409 e. The molecule has 0 unspecified atom stereocenters. The molecule has 0 spiro atoms. The summed E-state index contributed by atoms with van der Waals surface area (Å²) in [5.74, 6) is 2.60. The SMILES string of the molecule is CCOC(=O)N1CCC(Nc2cc(N3CCc4ccccc4C3)nc(C)n2)CC1. The van der Waals surface area contributed by atoms with Crippen LogP contribution in [0.1, 0.15) is 36.7 Å². The number of fused-ring (bicyclic) bond motifs is 1. The topological polar surface area (TPSA) is 70.6 Å². The van der Waals surface area contributed by atoms with Crippen LogP contribution in [0, 0.1) is 6.92 Å². The van der Waals surface area contributed by atoms with E-state index in [4.69, 9.17) is 4.74 Å². The Kier molecular flexibility index (Phi) is 5.83. The lowest BCUT2D eigenvalue weighted by Gasteiger charge is -2.32. The molecular weight excluding hydrogens is 366 g/mol. The fraction of sp³-hybridized carbons (Fsp3) is 0.500. The number of amides is 1. The van der Waals surface area contributed by atoms with Crippen LogP contribution >= 0.6 is 0 Å². The molecule has 1 aromatic heterocycles. The number of nitrogens with one attached hydrogen (secondary N) is 1. The second kappa shape index (κ2) is 8.68. The average Bonchev–Trinajstić information content (AvgIpc) is 2.73. The van der Waals surface area contributed by atoms with Crippen LogP contribution in [0.25, 0.3) is 0 Å². The third-order valence-electron chi connectivity index (χ3n) is 5.65. The van der Waals surface area contributed by atoms with Gasteiger partial charge in [-0.05, 0) is 44.2 Å². The van der Waals surface area contributed by atoms with Crippen LogP contribution < -0.4 is 10.2 Å². The summed E-state index contributed by atoms with van der Waals surface area (Å²) < 4.78 is 5.10. The molecule has 4 rings (SSSR count). The van der Waals surface area contributed by atoms with Crippen LogP contribution in [-0.4, -0.2) is 53.2 Å². The lowest BCUT2D eigenvalue weighted by Crippen LogP contribution is -2.42. The predicted molar refractivity (Wildman–Crippen MR) is 113 cm³/mol. The zero-order chi connectivity index (χ0) is 20.2. The highest BCUT2D eigenvalue weighted by Gasteiger charge is 2.24. The number of nitrogens with zero attached hydrogens (tertiary/aromatic N) is 4. The van der Waals surface area contributed by atoms with E-state index in [9.17, 15) is 4.79 Å². The minimum absolute atomic E-state index is 0.212. The number of anilines is 2. The Balaban J connectivity index is 1.40. The first kappa shape index (κ1) is 19.5. The molecule has 0 atom stereocenters. The van der Waals surface area contributed by atoms with Crippen molar-refractivity contribution in [1.29, 1.82) is 0 Å². The van der Waals surface area contributed by atoms with Crippen LogP contribution in [0.5, 0.6) is 0 Å². The summed E-state index contributed by atoms with van der Waals surface area (Å²) in [4.78, 5) is 25.3. The van der Waals surface area contributed by atoms with Crippen molar-refractivity contribution in [3.8, 4) is 0 Å².